The Morgan fingerprint density at radius 2 is 1.80 bits per heavy atom. The van der Waals surface area contributed by atoms with Gasteiger partial charge in [-0.15, -0.1) is 6.58 Å². The monoisotopic (exact) mass is 336 g/mol. The molecule has 0 bridgehead atoms. The van der Waals surface area contributed by atoms with Crippen LogP contribution < -0.4 is 10.4 Å². The quantitative estimate of drug-likeness (QED) is 0.622. The van der Waals surface area contributed by atoms with Gasteiger partial charge in [0.1, 0.15) is 5.75 Å². The molecule has 0 aliphatic heterocycles. The smallest absolute Gasteiger partial charge is 0.368 e. The zero-order chi connectivity index (χ0) is 17.6. The average Bonchev–Trinajstić information content (AvgIpc) is 2.99. The van der Waals surface area contributed by atoms with Crippen molar-refractivity contribution in [2.75, 3.05) is 6.61 Å². The molecule has 0 aliphatic carbocycles. The number of nitrogens with zero attached hydrogens (tertiary/aromatic N) is 4. The first kappa shape index (κ1) is 16.7. The van der Waals surface area contributed by atoms with Gasteiger partial charge in [0.15, 0.2) is 0 Å². The van der Waals surface area contributed by atoms with E-state index in [0.717, 1.165) is 12.2 Å². The molecule has 0 spiro atoms. The first-order chi connectivity index (χ1) is 12.2. The molecule has 6 nitrogen and oxygen atoms in total. The molecule has 3 aromatic rings. The van der Waals surface area contributed by atoms with Crippen molar-refractivity contribution in [1.29, 1.82) is 0 Å². The van der Waals surface area contributed by atoms with Gasteiger partial charge in [-0.25, -0.2) is 4.79 Å². The van der Waals surface area contributed by atoms with Crippen LogP contribution >= 0.6 is 0 Å². The SMILES string of the molecule is C=CCn1nnn(-c2ccc(OCCc3ccc(C)cc3)cc2)c1=O. The van der Waals surface area contributed by atoms with E-state index in [-0.39, 0.29) is 5.69 Å². The lowest BCUT2D eigenvalue weighted by atomic mass is 10.1. The molecule has 0 saturated heterocycles. The Kier molecular flexibility index (Phi) is 5.09. The van der Waals surface area contributed by atoms with Gasteiger partial charge in [0.25, 0.3) is 0 Å². The fraction of sp³-hybridized carbons (Fsp3) is 0.211. The van der Waals surface area contributed by atoms with Crippen molar-refractivity contribution in [3.05, 3.63) is 82.8 Å². The van der Waals surface area contributed by atoms with Crippen molar-refractivity contribution in [3.8, 4) is 11.4 Å². The summed E-state index contributed by atoms with van der Waals surface area (Å²) in [5.74, 6) is 0.752. The van der Waals surface area contributed by atoms with Gasteiger partial charge in [-0.1, -0.05) is 35.9 Å². The molecule has 0 fully saturated rings. The van der Waals surface area contributed by atoms with E-state index in [4.69, 9.17) is 4.74 Å². The third-order valence-corrected chi connectivity index (χ3v) is 3.80. The van der Waals surface area contributed by atoms with Crippen molar-refractivity contribution < 1.29 is 4.74 Å². The molecule has 2 aromatic carbocycles. The number of rotatable bonds is 7. The van der Waals surface area contributed by atoms with Crippen LogP contribution in [0.1, 0.15) is 11.1 Å². The lowest BCUT2D eigenvalue weighted by Gasteiger charge is -2.07. The zero-order valence-corrected chi connectivity index (χ0v) is 14.1. The van der Waals surface area contributed by atoms with Gasteiger partial charge >= 0.3 is 5.69 Å². The summed E-state index contributed by atoms with van der Waals surface area (Å²) >= 11 is 0. The fourth-order valence-electron chi connectivity index (χ4n) is 2.40. The van der Waals surface area contributed by atoms with Crippen LogP contribution in [0.5, 0.6) is 5.75 Å². The largest absolute Gasteiger partial charge is 0.493 e. The summed E-state index contributed by atoms with van der Waals surface area (Å²) in [5, 5.41) is 7.68. The summed E-state index contributed by atoms with van der Waals surface area (Å²) in [6, 6.07) is 15.6. The van der Waals surface area contributed by atoms with E-state index < -0.39 is 0 Å². The highest BCUT2D eigenvalue weighted by atomic mass is 16.5. The van der Waals surface area contributed by atoms with E-state index in [2.05, 4.69) is 48.2 Å². The Morgan fingerprint density at radius 3 is 2.48 bits per heavy atom. The van der Waals surface area contributed by atoms with Crippen molar-refractivity contribution in [3.63, 3.8) is 0 Å². The van der Waals surface area contributed by atoms with E-state index in [1.165, 1.54) is 20.5 Å². The lowest BCUT2D eigenvalue weighted by molar-refractivity contribution is 0.322. The van der Waals surface area contributed by atoms with E-state index in [9.17, 15) is 4.79 Å². The minimum atomic E-state index is -0.298. The predicted octanol–water partition coefficient (Wildman–Crippen LogP) is 2.54. The van der Waals surface area contributed by atoms with Gasteiger partial charge in [0.2, 0.25) is 0 Å². The van der Waals surface area contributed by atoms with Crippen molar-refractivity contribution >= 4 is 0 Å². The molecule has 0 unspecified atom stereocenters. The summed E-state index contributed by atoms with van der Waals surface area (Å²) in [5.41, 5.74) is 2.84. The Balaban J connectivity index is 1.61. The maximum Gasteiger partial charge on any atom is 0.368 e. The van der Waals surface area contributed by atoms with Crippen LogP contribution in [0.25, 0.3) is 5.69 Å². The van der Waals surface area contributed by atoms with Crippen LogP contribution in [-0.4, -0.2) is 26.4 Å². The normalized spacial score (nSPS) is 10.6. The third kappa shape index (κ3) is 4.03. The Morgan fingerprint density at radius 1 is 1.08 bits per heavy atom. The zero-order valence-electron chi connectivity index (χ0n) is 14.1. The molecule has 1 aromatic heterocycles. The predicted molar refractivity (Wildman–Crippen MR) is 96.2 cm³/mol. The van der Waals surface area contributed by atoms with E-state index in [1.54, 1.807) is 18.2 Å². The van der Waals surface area contributed by atoms with E-state index in [0.29, 0.717) is 18.8 Å². The van der Waals surface area contributed by atoms with Gasteiger partial charge in [0, 0.05) is 6.42 Å². The van der Waals surface area contributed by atoms with Crippen molar-refractivity contribution in [2.45, 2.75) is 19.9 Å². The lowest BCUT2D eigenvalue weighted by Crippen LogP contribution is -2.23. The van der Waals surface area contributed by atoms with Crippen LogP contribution in [-0.2, 0) is 13.0 Å². The number of ether oxygens (including phenoxy) is 1. The number of tetrazole rings is 1. The second-order valence-electron chi connectivity index (χ2n) is 5.72. The number of aryl methyl sites for hydroxylation is 1. The number of aromatic nitrogens is 4. The summed E-state index contributed by atoms with van der Waals surface area (Å²) < 4.78 is 8.26. The fourth-order valence-corrected chi connectivity index (χ4v) is 2.40. The highest BCUT2D eigenvalue weighted by molar-refractivity contribution is 5.36. The van der Waals surface area contributed by atoms with Crippen LogP contribution in [0.3, 0.4) is 0 Å². The highest BCUT2D eigenvalue weighted by Gasteiger charge is 2.07. The number of benzene rings is 2. The van der Waals surface area contributed by atoms with Gasteiger partial charge in [0.05, 0.1) is 18.8 Å². The third-order valence-electron chi connectivity index (χ3n) is 3.80. The molecule has 0 aliphatic rings. The first-order valence-corrected chi connectivity index (χ1v) is 8.10. The van der Waals surface area contributed by atoms with Crippen LogP contribution in [0, 0.1) is 6.92 Å². The number of hydrogen-bond acceptors (Lipinski definition) is 4. The molecule has 1 heterocycles. The van der Waals surface area contributed by atoms with Gasteiger partial charge in [-0.2, -0.15) is 9.36 Å². The van der Waals surface area contributed by atoms with Gasteiger partial charge in [-0.05, 0) is 47.2 Å². The molecule has 0 saturated carbocycles. The molecule has 0 radical (unpaired) electrons. The maximum absolute atomic E-state index is 12.1. The minimum absolute atomic E-state index is 0.298. The van der Waals surface area contributed by atoms with Crippen molar-refractivity contribution in [1.82, 2.24) is 19.8 Å². The molecule has 3 rings (SSSR count). The molecule has 25 heavy (non-hydrogen) atoms. The van der Waals surface area contributed by atoms with E-state index in [1.807, 2.05) is 12.1 Å². The summed E-state index contributed by atoms with van der Waals surface area (Å²) in [6.07, 6.45) is 2.45. The highest BCUT2D eigenvalue weighted by Crippen LogP contribution is 2.14. The van der Waals surface area contributed by atoms with Crippen LogP contribution in [0.15, 0.2) is 66.0 Å². The molecule has 0 N–H and O–H groups in total. The summed E-state index contributed by atoms with van der Waals surface area (Å²) in [7, 11) is 0. The molecule has 0 amide bonds. The Bertz CT molecular complexity index is 892. The average molecular weight is 336 g/mol. The molecule has 0 atom stereocenters. The topological polar surface area (TPSA) is 61.9 Å². The standard InChI is InChI=1S/C19H20N4O2/c1-3-13-22-19(24)23(21-20-22)17-8-10-18(11-9-17)25-14-12-16-6-4-15(2)5-7-16/h3-11H,1,12-14H2,2H3. The summed E-state index contributed by atoms with van der Waals surface area (Å²) in [6.45, 7) is 6.59. The minimum Gasteiger partial charge on any atom is -0.493 e. The van der Waals surface area contributed by atoms with Crippen LogP contribution in [0.2, 0.25) is 0 Å². The second-order valence-corrected chi connectivity index (χ2v) is 5.72. The van der Waals surface area contributed by atoms with Crippen molar-refractivity contribution in [2.24, 2.45) is 0 Å². The second kappa shape index (κ2) is 7.61. The molecule has 128 valence electrons. The maximum atomic E-state index is 12.1. The number of hydrogen-bond donors (Lipinski definition) is 0. The van der Waals surface area contributed by atoms with Gasteiger partial charge < -0.3 is 4.74 Å². The van der Waals surface area contributed by atoms with Crippen LogP contribution in [0.4, 0.5) is 0 Å². The van der Waals surface area contributed by atoms with Gasteiger partial charge in [-0.3, -0.25) is 0 Å². The summed E-state index contributed by atoms with van der Waals surface area (Å²) in [4.78, 5) is 12.1. The Hall–Kier alpha value is -3.15. The van der Waals surface area contributed by atoms with E-state index >= 15 is 0 Å². The Labute approximate surface area is 146 Å². The first-order valence-electron chi connectivity index (χ1n) is 8.10. The molecule has 6 heteroatoms. The number of allylic oxidation sites excluding steroid dienone is 1. The molecular formula is C19H20N4O2. The molecular weight excluding hydrogens is 316 g/mol.